The summed E-state index contributed by atoms with van der Waals surface area (Å²) >= 11 is 0. The minimum absolute atomic E-state index is 0.000397. The molecule has 1 aliphatic carbocycles. The first-order valence-corrected chi connectivity index (χ1v) is 14.1. The Hall–Kier alpha value is -4.66. The Morgan fingerprint density at radius 3 is 2.14 bits per heavy atom. The number of nitrogens with one attached hydrogen (secondary N) is 1. The fourth-order valence-electron chi connectivity index (χ4n) is 5.84. The lowest BCUT2D eigenvalue weighted by Crippen LogP contribution is -2.50. The Morgan fingerprint density at radius 2 is 1.55 bits per heavy atom. The van der Waals surface area contributed by atoms with Gasteiger partial charge in [-0.2, -0.15) is 0 Å². The number of carbonyl (C=O) groups excluding carboxylic acids is 3. The minimum atomic E-state index is -1.27. The minimum Gasteiger partial charge on any atom is -0.481 e. The molecule has 1 heterocycles. The zero-order chi connectivity index (χ0) is 29.7. The molecule has 1 saturated heterocycles. The maximum atomic E-state index is 13.6. The van der Waals surface area contributed by atoms with Crippen LogP contribution in [-0.4, -0.2) is 59.7 Å². The van der Waals surface area contributed by atoms with Gasteiger partial charge < -0.3 is 24.8 Å². The molecule has 0 saturated carbocycles. The molecule has 218 valence electrons. The van der Waals surface area contributed by atoms with Crippen molar-refractivity contribution in [1.29, 1.82) is 0 Å². The van der Waals surface area contributed by atoms with Crippen molar-refractivity contribution in [3.8, 4) is 11.1 Å². The van der Waals surface area contributed by atoms with E-state index in [0.717, 1.165) is 27.8 Å². The number of nitrogens with zero attached hydrogens (tertiary/aromatic N) is 1. The van der Waals surface area contributed by atoms with Gasteiger partial charge in [0.15, 0.2) is 0 Å². The number of amides is 2. The summed E-state index contributed by atoms with van der Waals surface area (Å²) in [6.45, 7) is 2.05. The van der Waals surface area contributed by atoms with Crippen LogP contribution in [0.5, 0.6) is 0 Å². The molecular weight excluding hydrogens is 536 g/mol. The Kier molecular flexibility index (Phi) is 8.56. The highest BCUT2D eigenvalue weighted by molar-refractivity contribution is 5.90. The molecule has 1 aliphatic heterocycles. The normalized spacial score (nSPS) is 18.1. The van der Waals surface area contributed by atoms with Gasteiger partial charge in [-0.05, 0) is 40.7 Å². The third kappa shape index (κ3) is 6.00. The second kappa shape index (κ2) is 12.5. The first-order valence-electron chi connectivity index (χ1n) is 14.1. The summed E-state index contributed by atoms with van der Waals surface area (Å²) in [6.07, 6.45) is -0.611. The summed E-state index contributed by atoms with van der Waals surface area (Å²) in [4.78, 5) is 52.7. The van der Waals surface area contributed by atoms with Crippen molar-refractivity contribution in [2.75, 3.05) is 19.7 Å². The molecule has 2 aliphatic rings. The van der Waals surface area contributed by atoms with Crippen molar-refractivity contribution < 1.29 is 33.8 Å². The Labute approximate surface area is 244 Å². The molecule has 42 heavy (non-hydrogen) atoms. The topological polar surface area (TPSA) is 122 Å². The summed E-state index contributed by atoms with van der Waals surface area (Å²) in [5, 5.41) is 12.4. The molecule has 2 N–H and O–H groups in total. The lowest BCUT2D eigenvalue weighted by Gasteiger charge is -2.26. The first kappa shape index (κ1) is 28.9. The summed E-state index contributed by atoms with van der Waals surface area (Å²) in [6, 6.07) is 23.7. The molecule has 9 heteroatoms. The van der Waals surface area contributed by atoms with E-state index in [4.69, 9.17) is 9.47 Å². The van der Waals surface area contributed by atoms with Crippen molar-refractivity contribution >= 4 is 23.9 Å². The van der Waals surface area contributed by atoms with Crippen LogP contribution in [0.2, 0.25) is 0 Å². The van der Waals surface area contributed by atoms with Gasteiger partial charge in [0.25, 0.3) is 0 Å². The van der Waals surface area contributed by atoms with E-state index in [1.807, 2.05) is 78.9 Å². The molecule has 3 aromatic rings. The molecule has 2 amide bonds. The maximum Gasteiger partial charge on any atom is 0.407 e. The molecule has 0 bridgehead atoms. The molecule has 5 rings (SSSR count). The average molecular weight is 571 g/mol. The van der Waals surface area contributed by atoms with Crippen LogP contribution >= 0.6 is 0 Å². The Balaban J connectivity index is 1.27. The van der Waals surface area contributed by atoms with Crippen molar-refractivity contribution in [3.05, 3.63) is 95.6 Å². The van der Waals surface area contributed by atoms with Gasteiger partial charge in [-0.25, -0.2) is 4.79 Å². The number of aliphatic carboxylic acids is 1. The molecule has 0 aromatic heterocycles. The highest BCUT2D eigenvalue weighted by atomic mass is 16.5. The molecule has 2 atom stereocenters. The third-order valence-electron chi connectivity index (χ3n) is 8.34. The molecule has 1 unspecified atom stereocenters. The number of fused-ring (bicyclic) bond motifs is 3. The lowest BCUT2D eigenvalue weighted by atomic mass is 9.84. The predicted octanol–water partition coefficient (Wildman–Crippen LogP) is 4.74. The molecule has 0 spiro atoms. The number of alkyl carbamates (subject to hydrolysis) is 1. The van der Waals surface area contributed by atoms with E-state index in [0.29, 0.717) is 12.8 Å². The van der Waals surface area contributed by atoms with Crippen molar-refractivity contribution in [3.63, 3.8) is 0 Å². The standard InChI is InChI=1S/C33H34N2O7/c1-2-33(31(38)39)16-17-35(21-33)30(37)28(18-29(36)41-19-22-10-4-3-5-11-22)34-32(40)42-20-27-25-14-8-6-12-23(25)24-13-7-9-15-26(24)27/h3-15,27-28H,2,16-21H2,1H3,(H,34,40)(H,38,39)/t28-,33?/m0/s1. The van der Waals surface area contributed by atoms with E-state index < -0.39 is 41.8 Å². The van der Waals surface area contributed by atoms with Crippen LogP contribution in [0.15, 0.2) is 78.9 Å². The summed E-state index contributed by atoms with van der Waals surface area (Å²) in [5.41, 5.74) is 3.99. The van der Waals surface area contributed by atoms with Gasteiger partial charge in [-0.3, -0.25) is 14.4 Å². The maximum absolute atomic E-state index is 13.6. The van der Waals surface area contributed by atoms with Crippen LogP contribution < -0.4 is 5.32 Å². The number of likely N-dealkylation sites (tertiary alicyclic amines) is 1. The number of carboxylic acids is 1. The fraction of sp³-hybridized carbons (Fsp3) is 0.333. The van der Waals surface area contributed by atoms with Crippen LogP contribution in [0, 0.1) is 5.41 Å². The average Bonchev–Trinajstić information content (AvgIpc) is 3.60. The highest BCUT2D eigenvalue weighted by Gasteiger charge is 2.46. The number of benzene rings is 3. The summed E-state index contributed by atoms with van der Waals surface area (Å²) in [7, 11) is 0. The molecule has 3 aromatic carbocycles. The number of esters is 1. The quantitative estimate of drug-likeness (QED) is 0.338. The van der Waals surface area contributed by atoms with E-state index in [-0.39, 0.29) is 32.2 Å². The van der Waals surface area contributed by atoms with Crippen LogP contribution in [-0.2, 0) is 30.5 Å². The van der Waals surface area contributed by atoms with Gasteiger partial charge in [-0.1, -0.05) is 85.8 Å². The number of carboxylic acid groups (broad SMARTS) is 1. The fourth-order valence-corrected chi connectivity index (χ4v) is 5.84. The van der Waals surface area contributed by atoms with E-state index in [1.165, 1.54) is 4.90 Å². The van der Waals surface area contributed by atoms with Crippen LogP contribution in [0.4, 0.5) is 4.79 Å². The summed E-state index contributed by atoms with van der Waals surface area (Å²) < 4.78 is 11.0. The number of rotatable bonds is 10. The van der Waals surface area contributed by atoms with Crippen LogP contribution in [0.3, 0.4) is 0 Å². The molecule has 0 radical (unpaired) electrons. The Morgan fingerprint density at radius 1 is 0.929 bits per heavy atom. The zero-order valence-corrected chi connectivity index (χ0v) is 23.5. The summed E-state index contributed by atoms with van der Waals surface area (Å²) in [5.74, 6) is -2.36. The van der Waals surface area contributed by atoms with Gasteiger partial charge in [0.2, 0.25) is 5.91 Å². The monoisotopic (exact) mass is 570 g/mol. The SMILES string of the molecule is CCC1(C(=O)O)CCN(C(=O)[C@H](CC(=O)OCc2ccccc2)NC(=O)OCC2c3ccccc3-c3ccccc32)C1. The molecule has 9 nitrogen and oxygen atoms in total. The number of hydrogen-bond donors (Lipinski definition) is 2. The van der Waals surface area contributed by atoms with Crippen LogP contribution in [0.1, 0.15) is 48.8 Å². The predicted molar refractivity (Wildman–Crippen MR) is 154 cm³/mol. The van der Waals surface area contributed by atoms with Gasteiger partial charge in [0.05, 0.1) is 11.8 Å². The van der Waals surface area contributed by atoms with Gasteiger partial charge in [0, 0.05) is 19.0 Å². The molecular formula is C33H34N2O7. The number of ether oxygens (including phenoxy) is 2. The number of hydrogen-bond acceptors (Lipinski definition) is 6. The highest BCUT2D eigenvalue weighted by Crippen LogP contribution is 2.44. The largest absolute Gasteiger partial charge is 0.481 e. The van der Waals surface area contributed by atoms with E-state index >= 15 is 0 Å². The smallest absolute Gasteiger partial charge is 0.407 e. The van der Waals surface area contributed by atoms with Gasteiger partial charge >= 0.3 is 18.0 Å². The van der Waals surface area contributed by atoms with Crippen molar-refractivity contribution in [2.45, 2.75) is 44.8 Å². The lowest BCUT2D eigenvalue weighted by molar-refractivity contribution is -0.150. The van der Waals surface area contributed by atoms with Crippen molar-refractivity contribution in [1.82, 2.24) is 10.2 Å². The van der Waals surface area contributed by atoms with Crippen molar-refractivity contribution in [2.24, 2.45) is 5.41 Å². The van der Waals surface area contributed by atoms with E-state index in [2.05, 4.69) is 5.32 Å². The van der Waals surface area contributed by atoms with E-state index in [1.54, 1.807) is 6.92 Å². The molecule has 1 fully saturated rings. The van der Waals surface area contributed by atoms with Gasteiger partial charge in [0.1, 0.15) is 19.3 Å². The second-order valence-electron chi connectivity index (χ2n) is 10.8. The zero-order valence-electron chi connectivity index (χ0n) is 23.5. The third-order valence-corrected chi connectivity index (χ3v) is 8.34. The number of carbonyl (C=O) groups is 4. The Bertz CT molecular complexity index is 1430. The van der Waals surface area contributed by atoms with E-state index in [9.17, 15) is 24.3 Å². The first-order chi connectivity index (χ1) is 20.3. The van der Waals surface area contributed by atoms with Crippen LogP contribution in [0.25, 0.3) is 11.1 Å². The van der Waals surface area contributed by atoms with Gasteiger partial charge in [-0.15, -0.1) is 0 Å². The second-order valence-corrected chi connectivity index (χ2v) is 10.8.